The Morgan fingerprint density at radius 3 is 1.51 bits per heavy atom. The lowest BCUT2D eigenvalue weighted by atomic mass is 10.0. The Kier molecular flexibility index (Phi) is 14.3. The van der Waals surface area contributed by atoms with Crippen LogP contribution in [0.2, 0.25) is 0 Å². The summed E-state index contributed by atoms with van der Waals surface area (Å²) in [7, 11) is 0. The second-order valence-electron chi connectivity index (χ2n) is 10.8. The Bertz CT molecular complexity index is 1060. The molecule has 0 aliphatic rings. The first-order valence-corrected chi connectivity index (χ1v) is 15.4. The lowest BCUT2D eigenvalue weighted by molar-refractivity contribution is 0.0733. The van der Waals surface area contributed by atoms with Crippen molar-refractivity contribution in [2.24, 2.45) is 0 Å². The molecule has 0 fully saturated rings. The molecule has 210 valence electrons. The molecule has 3 rings (SSSR count). The van der Waals surface area contributed by atoms with Crippen LogP contribution in [-0.4, -0.2) is 15.9 Å². The molecule has 2 aromatic carbocycles. The zero-order valence-corrected chi connectivity index (χ0v) is 24.3. The standard InChI is InChI=1S/C35H48N2O2/c1-3-5-7-9-11-12-14-16-17-29-19-23-31(24-20-29)34-36-27-33(28-37-34)39-35(38)32-25-21-30(22-26-32)18-15-13-10-8-6-4-2/h19-28H,3-18H2,1-2H3. The predicted octanol–water partition coefficient (Wildman–Crippen LogP) is 9.95. The van der Waals surface area contributed by atoms with Crippen LogP contribution in [-0.2, 0) is 12.8 Å². The third-order valence-corrected chi connectivity index (χ3v) is 7.38. The lowest BCUT2D eigenvalue weighted by Crippen LogP contribution is -2.09. The normalized spacial score (nSPS) is 11.0. The van der Waals surface area contributed by atoms with Gasteiger partial charge in [-0.2, -0.15) is 0 Å². The third-order valence-electron chi connectivity index (χ3n) is 7.38. The summed E-state index contributed by atoms with van der Waals surface area (Å²) in [6, 6.07) is 16.2. The SMILES string of the molecule is CCCCCCCCCCc1ccc(-c2ncc(OC(=O)c3ccc(CCCCCCCC)cc3)cn2)cc1. The fraction of sp³-hybridized carbons (Fsp3) is 0.514. The van der Waals surface area contributed by atoms with Gasteiger partial charge in [0.2, 0.25) is 0 Å². The van der Waals surface area contributed by atoms with Gasteiger partial charge < -0.3 is 4.74 Å². The highest BCUT2D eigenvalue weighted by Gasteiger charge is 2.10. The van der Waals surface area contributed by atoms with Crippen molar-refractivity contribution in [3.05, 3.63) is 77.6 Å². The van der Waals surface area contributed by atoms with Crippen LogP contribution in [0.1, 0.15) is 125 Å². The number of hydrogen-bond donors (Lipinski definition) is 0. The number of aryl methyl sites for hydroxylation is 2. The van der Waals surface area contributed by atoms with Gasteiger partial charge in [-0.3, -0.25) is 0 Å². The van der Waals surface area contributed by atoms with Crippen molar-refractivity contribution < 1.29 is 9.53 Å². The first kappa shape index (κ1) is 30.5. The van der Waals surface area contributed by atoms with Crippen molar-refractivity contribution in [1.82, 2.24) is 9.97 Å². The highest BCUT2D eigenvalue weighted by Crippen LogP contribution is 2.20. The van der Waals surface area contributed by atoms with E-state index in [0.29, 0.717) is 17.1 Å². The molecule has 0 saturated heterocycles. The van der Waals surface area contributed by atoms with Crippen molar-refractivity contribution >= 4 is 5.97 Å². The van der Waals surface area contributed by atoms with Crippen LogP contribution in [0.4, 0.5) is 0 Å². The van der Waals surface area contributed by atoms with Gasteiger partial charge in [-0.25, -0.2) is 14.8 Å². The van der Waals surface area contributed by atoms with Gasteiger partial charge in [0.25, 0.3) is 0 Å². The number of carbonyl (C=O) groups excluding carboxylic acids is 1. The van der Waals surface area contributed by atoms with E-state index in [2.05, 4.69) is 48.1 Å². The number of benzene rings is 2. The van der Waals surface area contributed by atoms with E-state index >= 15 is 0 Å². The van der Waals surface area contributed by atoms with Gasteiger partial charge in [0.15, 0.2) is 11.6 Å². The molecule has 0 aliphatic heterocycles. The second-order valence-corrected chi connectivity index (χ2v) is 10.8. The molecule has 0 radical (unpaired) electrons. The molecule has 0 saturated carbocycles. The number of ether oxygens (including phenoxy) is 1. The number of esters is 1. The van der Waals surface area contributed by atoms with Gasteiger partial charge in [-0.15, -0.1) is 0 Å². The largest absolute Gasteiger partial charge is 0.420 e. The maximum Gasteiger partial charge on any atom is 0.343 e. The molecule has 0 aliphatic carbocycles. The molecule has 0 N–H and O–H groups in total. The fourth-order valence-corrected chi connectivity index (χ4v) is 4.88. The number of nitrogens with zero attached hydrogens (tertiary/aromatic N) is 2. The van der Waals surface area contributed by atoms with Crippen LogP contribution in [0, 0.1) is 0 Å². The van der Waals surface area contributed by atoms with E-state index < -0.39 is 0 Å². The number of unbranched alkanes of at least 4 members (excludes halogenated alkanes) is 12. The molecular weight excluding hydrogens is 480 g/mol. The zero-order chi connectivity index (χ0) is 27.5. The summed E-state index contributed by atoms with van der Waals surface area (Å²) in [5, 5.41) is 0. The summed E-state index contributed by atoms with van der Waals surface area (Å²) in [6.45, 7) is 4.51. The lowest BCUT2D eigenvalue weighted by Gasteiger charge is -2.07. The van der Waals surface area contributed by atoms with E-state index in [1.165, 1.54) is 101 Å². The molecule has 3 aromatic rings. The van der Waals surface area contributed by atoms with Crippen LogP contribution in [0.3, 0.4) is 0 Å². The van der Waals surface area contributed by atoms with E-state index in [-0.39, 0.29) is 5.97 Å². The molecule has 0 spiro atoms. The fourth-order valence-electron chi connectivity index (χ4n) is 4.88. The van der Waals surface area contributed by atoms with Crippen LogP contribution in [0.5, 0.6) is 5.75 Å². The Morgan fingerprint density at radius 2 is 1.03 bits per heavy atom. The summed E-state index contributed by atoms with van der Waals surface area (Å²) < 4.78 is 5.51. The third kappa shape index (κ3) is 11.7. The molecule has 0 atom stereocenters. The van der Waals surface area contributed by atoms with E-state index in [9.17, 15) is 4.79 Å². The van der Waals surface area contributed by atoms with Crippen LogP contribution >= 0.6 is 0 Å². The number of rotatable bonds is 19. The van der Waals surface area contributed by atoms with Gasteiger partial charge in [-0.05, 0) is 48.9 Å². The van der Waals surface area contributed by atoms with E-state index in [1.54, 1.807) is 12.4 Å². The molecule has 0 bridgehead atoms. The zero-order valence-electron chi connectivity index (χ0n) is 24.3. The van der Waals surface area contributed by atoms with Crippen molar-refractivity contribution in [3.63, 3.8) is 0 Å². The Labute approximate surface area is 236 Å². The quantitative estimate of drug-likeness (QED) is 0.115. The minimum absolute atomic E-state index is 0.353. The molecule has 0 unspecified atom stereocenters. The van der Waals surface area contributed by atoms with Gasteiger partial charge in [-0.1, -0.05) is 127 Å². The Morgan fingerprint density at radius 1 is 0.590 bits per heavy atom. The predicted molar refractivity (Wildman–Crippen MR) is 162 cm³/mol. The maximum atomic E-state index is 12.6. The van der Waals surface area contributed by atoms with E-state index in [1.807, 2.05) is 24.3 Å². The molecule has 1 aromatic heterocycles. The molecule has 4 nitrogen and oxygen atoms in total. The second kappa shape index (κ2) is 18.3. The number of aromatic nitrogens is 2. The molecule has 4 heteroatoms. The molecule has 39 heavy (non-hydrogen) atoms. The van der Waals surface area contributed by atoms with Gasteiger partial charge in [0, 0.05) is 5.56 Å². The first-order valence-electron chi connectivity index (χ1n) is 15.4. The summed E-state index contributed by atoms with van der Waals surface area (Å²) >= 11 is 0. The van der Waals surface area contributed by atoms with Crippen molar-refractivity contribution in [2.45, 2.75) is 117 Å². The van der Waals surface area contributed by atoms with Crippen LogP contribution < -0.4 is 4.74 Å². The molecule has 1 heterocycles. The minimum Gasteiger partial charge on any atom is -0.420 e. The Balaban J connectivity index is 1.39. The van der Waals surface area contributed by atoms with Gasteiger partial charge in [0.05, 0.1) is 18.0 Å². The number of hydrogen-bond acceptors (Lipinski definition) is 4. The highest BCUT2D eigenvalue weighted by molar-refractivity contribution is 5.91. The van der Waals surface area contributed by atoms with Gasteiger partial charge in [0.1, 0.15) is 0 Å². The minimum atomic E-state index is -0.386. The molecule has 0 amide bonds. The van der Waals surface area contributed by atoms with E-state index in [0.717, 1.165) is 18.4 Å². The summed E-state index contributed by atoms with van der Waals surface area (Å²) in [5.74, 6) is 0.599. The van der Waals surface area contributed by atoms with Crippen LogP contribution in [0.25, 0.3) is 11.4 Å². The summed E-state index contributed by atoms with van der Waals surface area (Å²) in [6.07, 6.45) is 23.7. The number of carbonyl (C=O) groups is 1. The monoisotopic (exact) mass is 528 g/mol. The average Bonchev–Trinajstić information content (AvgIpc) is 2.97. The highest BCUT2D eigenvalue weighted by atomic mass is 16.5. The van der Waals surface area contributed by atoms with Crippen molar-refractivity contribution in [1.29, 1.82) is 0 Å². The summed E-state index contributed by atoms with van der Waals surface area (Å²) in [4.78, 5) is 21.4. The summed E-state index contributed by atoms with van der Waals surface area (Å²) in [5.41, 5.74) is 4.12. The maximum absolute atomic E-state index is 12.6. The topological polar surface area (TPSA) is 52.1 Å². The Hall–Kier alpha value is -3.01. The average molecular weight is 529 g/mol. The van der Waals surface area contributed by atoms with Crippen molar-refractivity contribution in [3.8, 4) is 17.1 Å². The van der Waals surface area contributed by atoms with Gasteiger partial charge >= 0.3 is 5.97 Å². The molecular formula is C35H48N2O2. The van der Waals surface area contributed by atoms with E-state index in [4.69, 9.17) is 4.74 Å². The van der Waals surface area contributed by atoms with Crippen molar-refractivity contribution in [2.75, 3.05) is 0 Å². The van der Waals surface area contributed by atoms with Crippen LogP contribution in [0.15, 0.2) is 60.9 Å². The first-order chi connectivity index (χ1) is 19.2. The smallest absolute Gasteiger partial charge is 0.343 e.